The predicted molar refractivity (Wildman–Crippen MR) is 80.3 cm³/mol. The van der Waals surface area contributed by atoms with Crippen LogP contribution in [0.5, 0.6) is 5.75 Å². The summed E-state index contributed by atoms with van der Waals surface area (Å²) in [6, 6.07) is 7.48. The van der Waals surface area contributed by atoms with Gasteiger partial charge in [-0.25, -0.2) is 13.2 Å². The third kappa shape index (κ3) is 4.63. The highest BCUT2D eigenvalue weighted by atomic mass is 32.2. The summed E-state index contributed by atoms with van der Waals surface area (Å²) in [6.07, 6.45) is 0.703. The molecule has 1 aliphatic heterocycles. The normalized spacial score (nSPS) is 17.3. The van der Waals surface area contributed by atoms with Gasteiger partial charge in [0.05, 0.1) is 18.6 Å². The third-order valence-electron chi connectivity index (χ3n) is 3.46. The number of amides is 2. The smallest absolute Gasteiger partial charge is 0.317 e. The Morgan fingerprint density at radius 3 is 2.71 bits per heavy atom. The minimum absolute atomic E-state index is 0.0519. The SMILES string of the molecule is COc1cccc(CCNC(=O)N2CCS(=O)(=O)CC2)c1. The van der Waals surface area contributed by atoms with Crippen LogP contribution in [0.2, 0.25) is 0 Å². The molecule has 1 fully saturated rings. The van der Waals surface area contributed by atoms with Gasteiger partial charge in [0, 0.05) is 19.6 Å². The van der Waals surface area contributed by atoms with Crippen LogP contribution in [-0.2, 0) is 16.3 Å². The molecule has 2 amide bonds. The van der Waals surface area contributed by atoms with Crippen LogP contribution >= 0.6 is 0 Å². The number of sulfone groups is 1. The molecule has 7 heteroatoms. The molecule has 1 aromatic rings. The molecule has 0 radical (unpaired) electrons. The highest BCUT2D eigenvalue weighted by molar-refractivity contribution is 7.91. The number of carbonyl (C=O) groups excluding carboxylic acids is 1. The minimum atomic E-state index is -2.96. The standard InChI is InChI=1S/C14H20N2O4S/c1-20-13-4-2-3-12(11-13)5-6-15-14(17)16-7-9-21(18,19)10-8-16/h2-4,11H,5-10H2,1H3,(H,15,17). The lowest BCUT2D eigenvalue weighted by Crippen LogP contribution is -2.48. The van der Waals surface area contributed by atoms with Gasteiger partial charge in [0.2, 0.25) is 0 Å². The molecule has 0 aromatic heterocycles. The van der Waals surface area contributed by atoms with Crippen LogP contribution in [0.15, 0.2) is 24.3 Å². The minimum Gasteiger partial charge on any atom is -0.497 e. The molecule has 0 bridgehead atoms. The van der Waals surface area contributed by atoms with E-state index >= 15 is 0 Å². The Labute approximate surface area is 125 Å². The van der Waals surface area contributed by atoms with E-state index in [2.05, 4.69) is 5.32 Å². The Kier molecular flexibility index (Phi) is 5.06. The summed E-state index contributed by atoms with van der Waals surface area (Å²) < 4.78 is 27.8. The number of nitrogens with one attached hydrogen (secondary N) is 1. The molecule has 1 aromatic carbocycles. The lowest BCUT2D eigenvalue weighted by molar-refractivity contribution is 0.202. The van der Waals surface area contributed by atoms with Crippen LogP contribution in [0, 0.1) is 0 Å². The second-order valence-corrected chi connectivity index (χ2v) is 7.28. The van der Waals surface area contributed by atoms with Crippen molar-refractivity contribution in [3.05, 3.63) is 29.8 Å². The zero-order chi connectivity index (χ0) is 15.3. The first-order valence-corrected chi connectivity index (χ1v) is 8.68. The van der Waals surface area contributed by atoms with E-state index in [0.717, 1.165) is 11.3 Å². The second kappa shape index (κ2) is 6.80. The van der Waals surface area contributed by atoms with Crippen molar-refractivity contribution < 1.29 is 17.9 Å². The van der Waals surface area contributed by atoms with Crippen molar-refractivity contribution in [3.8, 4) is 5.75 Å². The fourth-order valence-electron chi connectivity index (χ4n) is 2.17. The number of methoxy groups -OCH3 is 1. The fraction of sp³-hybridized carbons (Fsp3) is 0.500. The average Bonchev–Trinajstić information content (AvgIpc) is 2.47. The summed E-state index contributed by atoms with van der Waals surface area (Å²) in [5, 5.41) is 2.82. The van der Waals surface area contributed by atoms with Crippen molar-refractivity contribution in [2.75, 3.05) is 38.2 Å². The number of rotatable bonds is 4. The lowest BCUT2D eigenvalue weighted by atomic mass is 10.1. The molecule has 21 heavy (non-hydrogen) atoms. The van der Waals surface area contributed by atoms with E-state index in [1.54, 1.807) is 12.0 Å². The van der Waals surface area contributed by atoms with E-state index in [-0.39, 0.29) is 30.6 Å². The largest absolute Gasteiger partial charge is 0.497 e. The second-order valence-electron chi connectivity index (χ2n) is 4.97. The Hall–Kier alpha value is -1.76. The predicted octanol–water partition coefficient (Wildman–Crippen LogP) is 0.678. The van der Waals surface area contributed by atoms with E-state index in [4.69, 9.17) is 4.74 Å². The van der Waals surface area contributed by atoms with Gasteiger partial charge in [0.1, 0.15) is 5.75 Å². The number of hydrogen-bond acceptors (Lipinski definition) is 4. The van der Waals surface area contributed by atoms with Gasteiger partial charge in [-0.1, -0.05) is 12.1 Å². The summed E-state index contributed by atoms with van der Waals surface area (Å²) in [5.74, 6) is 0.896. The summed E-state index contributed by atoms with van der Waals surface area (Å²) in [4.78, 5) is 13.5. The first-order chi connectivity index (χ1) is 10.00. The van der Waals surface area contributed by atoms with Gasteiger partial charge in [-0.3, -0.25) is 0 Å². The van der Waals surface area contributed by atoms with Crippen LogP contribution in [-0.4, -0.2) is 57.6 Å². The molecule has 0 spiro atoms. The fourth-order valence-corrected chi connectivity index (χ4v) is 3.37. The van der Waals surface area contributed by atoms with Gasteiger partial charge in [0.15, 0.2) is 9.84 Å². The molecular weight excluding hydrogens is 292 g/mol. The van der Waals surface area contributed by atoms with E-state index in [1.807, 2.05) is 24.3 Å². The maximum absolute atomic E-state index is 11.9. The summed E-state index contributed by atoms with van der Waals surface area (Å²) in [5.41, 5.74) is 1.08. The first kappa shape index (κ1) is 15.6. The topological polar surface area (TPSA) is 75.7 Å². The number of carbonyl (C=O) groups is 1. The molecule has 1 saturated heterocycles. The maximum atomic E-state index is 11.9. The maximum Gasteiger partial charge on any atom is 0.317 e. The van der Waals surface area contributed by atoms with E-state index in [9.17, 15) is 13.2 Å². The molecule has 0 saturated carbocycles. The summed E-state index contributed by atoms with van der Waals surface area (Å²) in [6.45, 7) is 1.05. The summed E-state index contributed by atoms with van der Waals surface area (Å²) in [7, 11) is -1.34. The van der Waals surface area contributed by atoms with Crippen LogP contribution in [0.1, 0.15) is 5.56 Å². The van der Waals surface area contributed by atoms with Crippen molar-refractivity contribution in [1.82, 2.24) is 10.2 Å². The van der Waals surface area contributed by atoms with Crippen molar-refractivity contribution in [3.63, 3.8) is 0 Å². The van der Waals surface area contributed by atoms with Gasteiger partial charge in [0.25, 0.3) is 0 Å². The molecule has 2 rings (SSSR count). The highest BCUT2D eigenvalue weighted by Crippen LogP contribution is 2.12. The van der Waals surface area contributed by atoms with Crippen molar-refractivity contribution >= 4 is 15.9 Å². The Balaban J connectivity index is 1.77. The van der Waals surface area contributed by atoms with E-state index < -0.39 is 9.84 Å². The quantitative estimate of drug-likeness (QED) is 0.887. The van der Waals surface area contributed by atoms with Crippen molar-refractivity contribution in [1.29, 1.82) is 0 Å². The number of urea groups is 1. The first-order valence-electron chi connectivity index (χ1n) is 6.86. The number of nitrogens with zero attached hydrogens (tertiary/aromatic N) is 1. The van der Waals surface area contributed by atoms with Crippen LogP contribution < -0.4 is 10.1 Å². The molecule has 0 aliphatic carbocycles. The van der Waals surface area contributed by atoms with E-state index in [1.165, 1.54) is 0 Å². The molecule has 1 heterocycles. The van der Waals surface area contributed by atoms with Gasteiger partial charge in [-0.2, -0.15) is 0 Å². The van der Waals surface area contributed by atoms with Gasteiger partial charge >= 0.3 is 6.03 Å². The zero-order valence-corrected chi connectivity index (χ0v) is 12.9. The molecule has 0 atom stereocenters. The highest BCUT2D eigenvalue weighted by Gasteiger charge is 2.24. The Bertz CT molecular complexity index is 587. The Morgan fingerprint density at radius 2 is 2.05 bits per heavy atom. The molecular formula is C14H20N2O4S. The van der Waals surface area contributed by atoms with Crippen molar-refractivity contribution in [2.45, 2.75) is 6.42 Å². The number of ether oxygens (including phenoxy) is 1. The molecule has 6 nitrogen and oxygen atoms in total. The van der Waals surface area contributed by atoms with Gasteiger partial charge in [-0.05, 0) is 24.1 Å². The molecule has 1 aliphatic rings. The zero-order valence-electron chi connectivity index (χ0n) is 12.0. The van der Waals surface area contributed by atoms with Gasteiger partial charge in [-0.15, -0.1) is 0 Å². The number of benzene rings is 1. The van der Waals surface area contributed by atoms with Crippen LogP contribution in [0.4, 0.5) is 4.79 Å². The molecule has 116 valence electrons. The summed E-state index contributed by atoms with van der Waals surface area (Å²) >= 11 is 0. The molecule has 1 N–H and O–H groups in total. The molecule has 0 unspecified atom stereocenters. The van der Waals surface area contributed by atoms with Gasteiger partial charge < -0.3 is 15.0 Å². The monoisotopic (exact) mass is 312 g/mol. The van der Waals surface area contributed by atoms with Crippen LogP contribution in [0.3, 0.4) is 0 Å². The lowest BCUT2D eigenvalue weighted by Gasteiger charge is -2.26. The Morgan fingerprint density at radius 1 is 1.33 bits per heavy atom. The number of hydrogen-bond donors (Lipinski definition) is 1. The van der Waals surface area contributed by atoms with Crippen LogP contribution in [0.25, 0.3) is 0 Å². The van der Waals surface area contributed by atoms with E-state index in [0.29, 0.717) is 13.0 Å². The van der Waals surface area contributed by atoms with Crippen molar-refractivity contribution in [2.24, 2.45) is 0 Å². The average molecular weight is 312 g/mol. The third-order valence-corrected chi connectivity index (χ3v) is 5.06.